The first-order chi connectivity index (χ1) is 11.2. The SMILES string of the molecule is O=C(Nc1ccc(Nc2ccccc2)cc1)c1ccc[n+]([O-])c1. The van der Waals surface area contributed by atoms with Crippen LogP contribution >= 0.6 is 0 Å². The number of pyridine rings is 1. The normalized spacial score (nSPS) is 10.1. The van der Waals surface area contributed by atoms with Gasteiger partial charge >= 0.3 is 0 Å². The van der Waals surface area contributed by atoms with Crippen molar-refractivity contribution in [2.45, 2.75) is 0 Å². The Balaban J connectivity index is 1.67. The van der Waals surface area contributed by atoms with E-state index in [1.54, 1.807) is 18.2 Å². The first-order valence-corrected chi connectivity index (χ1v) is 7.13. The maximum Gasteiger partial charge on any atom is 0.261 e. The van der Waals surface area contributed by atoms with E-state index in [0.29, 0.717) is 16.0 Å². The number of aromatic nitrogens is 1. The fourth-order valence-corrected chi connectivity index (χ4v) is 2.12. The van der Waals surface area contributed by atoms with E-state index in [1.807, 2.05) is 42.5 Å². The molecule has 1 heterocycles. The van der Waals surface area contributed by atoms with Gasteiger partial charge in [0.2, 0.25) is 0 Å². The van der Waals surface area contributed by atoms with Crippen molar-refractivity contribution in [1.82, 2.24) is 0 Å². The van der Waals surface area contributed by atoms with Crippen LogP contribution in [0.5, 0.6) is 0 Å². The maximum atomic E-state index is 12.1. The Kier molecular flexibility index (Phi) is 4.20. The molecule has 0 radical (unpaired) electrons. The number of amides is 1. The van der Waals surface area contributed by atoms with E-state index in [2.05, 4.69) is 10.6 Å². The molecule has 114 valence electrons. The van der Waals surface area contributed by atoms with Crippen molar-refractivity contribution in [3.8, 4) is 0 Å². The van der Waals surface area contributed by atoms with Crippen LogP contribution in [0.2, 0.25) is 0 Å². The van der Waals surface area contributed by atoms with Crippen molar-refractivity contribution in [1.29, 1.82) is 0 Å². The van der Waals surface area contributed by atoms with Crippen molar-refractivity contribution >= 4 is 23.0 Å². The van der Waals surface area contributed by atoms with Crippen molar-refractivity contribution in [2.24, 2.45) is 0 Å². The standard InChI is InChI=1S/C18H15N3O2/c22-18(14-5-4-12-21(23)13-14)20-17-10-8-16(9-11-17)19-15-6-2-1-3-7-15/h1-13,19H,(H,20,22). The lowest BCUT2D eigenvalue weighted by Gasteiger charge is -2.08. The van der Waals surface area contributed by atoms with Gasteiger partial charge in [-0.1, -0.05) is 18.2 Å². The largest absolute Gasteiger partial charge is 0.619 e. The van der Waals surface area contributed by atoms with Gasteiger partial charge in [-0.3, -0.25) is 4.79 Å². The number of para-hydroxylation sites is 1. The van der Waals surface area contributed by atoms with Crippen LogP contribution in [-0.4, -0.2) is 5.91 Å². The van der Waals surface area contributed by atoms with E-state index in [-0.39, 0.29) is 5.91 Å². The highest BCUT2D eigenvalue weighted by Crippen LogP contribution is 2.18. The number of hydrogen-bond acceptors (Lipinski definition) is 3. The highest BCUT2D eigenvalue weighted by Gasteiger charge is 2.08. The number of rotatable bonds is 4. The zero-order chi connectivity index (χ0) is 16.1. The van der Waals surface area contributed by atoms with E-state index in [0.717, 1.165) is 11.4 Å². The van der Waals surface area contributed by atoms with Gasteiger partial charge in [0, 0.05) is 23.1 Å². The Hall–Kier alpha value is -3.34. The summed E-state index contributed by atoms with van der Waals surface area (Å²) in [6.45, 7) is 0. The summed E-state index contributed by atoms with van der Waals surface area (Å²) in [6, 6.07) is 20.3. The Morgan fingerprint density at radius 3 is 2.17 bits per heavy atom. The van der Waals surface area contributed by atoms with Crippen LogP contribution in [-0.2, 0) is 0 Å². The second-order valence-corrected chi connectivity index (χ2v) is 4.98. The molecule has 0 fully saturated rings. The van der Waals surface area contributed by atoms with Gasteiger partial charge in [-0.05, 0) is 42.5 Å². The molecule has 0 aliphatic heterocycles. The Bertz CT molecular complexity index is 802. The number of carbonyl (C=O) groups excluding carboxylic acids is 1. The lowest BCUT2D eigenvalue weighted by molar-refractivity contribution is -0.605. The summed E-state index contributed by atoms with van der Waals surface area (Å²) >= 11 is 0. The highest BCUT2D eigenvalue weighted by molar-refractivity contribution is 6.03. The molecule has 0 saturated heterocycles. The molecule has 0 bridgehead atoms. The van der Waals surface area contributed by atoms with E-state index in [1.165, 1.54) is 18.5 Å². The zero-order valence-electron chi connectivity index (χ0n) is 12.3. The summed E-state index contributed by atoms with van der Waals surface area (Å²) in [4.78, 5) is 12.1. The molecule has 5 heteroatoms. The summed E-state index contributed by atoms with van der Waals surface area (Å²) in [7, 11) is 0. The average molecular weight is 305 g/mol. The van der Waals surface area contributed by atoms with Gasteiger partial charge in [-0.2, -0.15) is 4.73 Å². The molecule has 23 heavy (non-hydrogen) atoms. The molecular weight excluding hydrogens is 290 g/mol. The number of benzene rings is 2. The van der Waals surface area contributed by atoms with Crippen LogP contribution in [0.25, 0.3) is 0 Å². The maximum absolute atomic E-state index is 12.1. The minimum absolute atomic E-state index is 0.314. The van der Waals surface area contributed by atoms with Crippen molar-refractivity contribution < 1.29 is 9.52 Å². The zero-order valence-corrected chi connectivity index (χ0v) is 12.3. The number of nitrogens with one attached hydrogen (secondary N) is 2. The van der Waals surface area contributed by atoms with E-state index < -0.39 is 0 Å². The van der Waals surface area contributed by atoms with Gasteiger partial charge in [0.1, 0.15) is 5.56 Å². The summed E-state index contributed by atoms with van der Waals surface area (Å²) in [5.41, 5.74) is 2.89. The predicted molar refractivity (Wildman–Crippen MR) is 89.5 cm³/mol. The molecule has 2 aromatic carbocycles. The second kappa shape index (κ2) is 6.62. The monoisotopic (exact) mass is 305 g/mol. The van der Waals surface area contributed by atoms with Gasteiger partial charge in [0.25, 0.3) is 5.91 Å². The van der Waals surface area contributed by atoms with Gasteiger partial charge in [-0.25, -0.2) is 0 Å². The third-order valence-corrected chi connectivity index (χ3v) is 3.24. The fraction of sp³-hybridized carbons (Fsp3) is 0. The summed E-state index contributed by atoms with van der Waals surface area (Å²) in [6.07, 6.45) is 2.57. The minimum Gasteiger partial charge on any atom is -0.619 e. The second-order valence-electron chi connectivity index (χ2n) is 4.98. The van der Waals surface area contributed by atoms with Crippen LogP contribution in [0.4, 0.5) is 17.1 Å². The summed E-state index contributed by atoms with van der Waals surface area (Å²) < 4.78 is 0.599. The molecule has 0 saturated carbocycles. The van der Waals surface area contributed by atoms with E-state index >= 15 is 0 Å². The number of anilines is 3. The lowest BCUT2D eigenvalue weighted by atomic mass is 10.2. The first kappa shape index (κ1) is 14.6. The Labute approximate surface area is 133 Å². The smallest absolute Gasteiger partial charge is 0.261 e. The minimum atomic E-state index is -0.320. The van der Waals surface area contributed by atoms with Crippen molar-refractivity contribution in [3.05, 3.63) is 89.9 Å². The van der Waals surface area contributed by atoms with Gasteiger partial charge in [0.15, 0.2) is 12.4 Å². The van der Waals surface area contributed by atoms with E-state index in [4.69, 9.17) is 0 Å². The molecule has 5 nitrogen and oxygen atoms in total. The van der Waals surface area contributed by atoms with Crippen molar-refractivity contribution in [3.63, 3.8) is 0 Å². The Morgan fingerprint density at radius 2 is 1.48 bits per heavy atom. The van der Waals surface area contributed by atoms with Crippen LogP contribution in [0.15, 0.2) is 79.1 Å². The lowest BCUT2D eigenvalue weighted by Crippen LogP contribution is -2.27. The van der Waals surface area contributed by atoms with Crippen LogP contribution in [0.1, 0.15) is 10.4 Å². The number of carbonyl (C=O) groups is 1. The molecule has 0 atom stereocenters. The third-order valence-electron chi connectivity index (χ3n) is 3.24. The van der Waals surface area contributed by atoms with Crippen LogP contribution < -0.4 is 15.4 Å². The molecule has 1 amide bonds. The molecule has 0 aliphatic rings. The molecule has 0 spiro atoms. The molecule has 0 aliphatic carbocycles. The summed E-state index contributed by atoms with van der Waals surface area (Å²) in [5.74, 6) is -0.320. The molecule has 2 N–H and O–H groups in total. The molecule has 0 unspecified atom stereocenters. The highest BCUT2D eigenvalue weighted by atomic mass is 16.5. The van der Waals surface area contributed by atoms with E-state index in [9.17, 15) is 10.0 Å². The Morgan fingerprint density at radius 1 is 0.826 bits per heavy atom. The van der Waals surface area contributed by atoms with Crippen LogP contribution in [0, 0.1) is 5.21 Å². The third kappa shape index (κ3) is 3.85. The molecule has 1 aromatic heterocycles. The fourth-order valence-electron chi connectivity index (χ4n) is 2.12. The number of nitrogens with zero attached hydrogens (tertiary/aromatic N) is 1. The topological polar surface area (TPSA) is 68.1 Å². The molecular formula is C18H15N3O2. The van der Waals surface area contributed by atoms with Crippen molar-refractivity contribution in [2.75, 3.05) is 10.6 Å². The quantitative estimate of drug-likeness (QED) is 0.574. The summed E-state index contributed by atoms with van der Waals surface area (Å²) in [5, 5.41) is 17.2. The molecule has 3 aromatic rings. The molecule has 3 rings (SSSR count). The number of hydrogen-bond donors (Lipinski definition) is 2. The first-order valence-electron chi connectivity index (χ1n) is 7.13. The average Bonchev–Trinajstić information content (AvgIpc) is 2.57. The van der Waals surface area contributed by atoms with Crippen LogP contribution in [0.3, 0.4) is 0 Å². The van der Waals surface area contributed by atoms with Gasteiger partial charge in [-0.15, -0.1) is 0 Å². The predicted octanol–water partition coefficient (Wildman–Crippen LogP) is 3.32. The van der Waals surface area contributed by atoms with Gasteiger partial charge in [0.05, 0.1) is 0 Å². The van der Waals surface area contributed by atoms with Gasteiger partial charge < -0.3 is 15.8 Å².